The Morgan fingerprint density at radius 1 is 0.905 bits per heavy atom. The molecule has 1 aromatic heterocycles. The molecule has 4 amide bonds. The Morgan fingerprint density at radius 2 is 1.55 bits per heavy atom. The normalized spacial score (nSPS) is 14.5. The van der Waals surface area contributed by atoms with Crippen molar-refractivity contribution in [3.8, 4) is 0 Å². The zero-order valence-corrected chi connectivity index (χ0v) is 24.3. The maximum Gasteiger partial charge on any atom is 0.326 e. The van der Waals surface area contributed by atoms with Gasteiger partial charge in [-0.3, -0.25) is 19.2 Å². The number of hydrogen-bond donors (Lipinski definition) is 9. The SMILES string of the molecule is C[C@H](NC(=O)[C@H](CS)NC(=O)[C@H](CCCCN)NC(=O)[C@@H](N)Cc1cnc[nH]1)C(=O)N[C@@H](Cc1ccccc1)C(=O)O. The first-order valence-electron chi connectivity index (χ1n) is 13.6. The lowest BCUT2D eigenvalue weighted by Crippen LogP contribution is -2.58. The number of unbranched alkanes of at least 4 members (excludes halogenated alkanes) is 1. The molecule has 0 radical (unpaired) electrons. The maximum absolute atomic E-state index is 13.1. The third kappa shape index (κ3) is 11.5. The van der Waals surface area contributed by atoms with E-state index in [1.807, 2.05) is 0 Å². The van der Waals surface area contributed by atoms with E-state index in [-0.39, 0.29) is 25.0 Å². The molecule has 0 aliphatic rings. The van der Waals surface area contributed by atoms with Crippen molar-refractivity contribution in [1.29, 1.82) is 0 Å². The summed E-state index contributed by atoms with van der Waals surface area (Å²) in [6.45, 7) is 1.79. The van der Waals surface area contributed by atoms with Gasteiger partial charge in [0.15, 0.2) is 0 Å². The van der Waals surface area contributed by atoms with Crippen LogP contribution in [0.15, 0.2) is 42.9 Å². The van der Waals surface area contributed by atoms with Crippen molar-refractivity contribution in [3.05, 3.63) is 54.1 Å². The Bertz CT molecular complexity index is 1170. The number of nitrogens with one attached hydrogen (secondary N) is 5. The standard InChI is InChI=1S/C27H40N8O6S/c1-16(23(36)34-21(27(40)41)11-17-7-3-2-4-8-17)32-26(39)22(14-42)35-25(38)20(9-5-6-10-28)33-24(37)19(29)12-18-13-30-15-31-18/h2-4,7-8,13,15-16,19-22,42H,5-6,9-12,14,28-29H2,1H3,(H,30,31)(H,32,39)(H,33,37)(H,34,36)(H,35,38)(H,40,41)/t16-,19-,20-,21-,22-/m0/s1. The molecule has 0 bridgehead atoms. The third-order valence-electron chi connectivity index (χ3n) is 6.38. The van der Waals surface area contributed by atoms with Crippen LogP contribution >= 0.6 is 12.6 Å². The van der Waals surface area contributed by atoms with Crippen LogP contribution in [0, 0.1) is 0 Å². The molecule has 10 N–H and O–H groups in total. The summed E-state index contributed by atoms with van der Waals surface area (Å²) >= 11 is 4.16. The van der Waals surface area contributed by atoms with Gasteiger partial charge in [-0.25, -0.2) is 9.78 Å². The summed E-state index contributed by atoms with van der Waals surface area (Å²) in [5.74, 6) is -3.95. The Morgan fingerprint density at radius 3 is 2.14 bits per heavy atom. The van der Waals surface area contributed by atoms with Crippen LogP contribution in [0.3, 0.4) is 0 Å². The molecule has 2 rings (SSSR count). The van der Waals surface area contributed by atoms with Crippen molar-refractivity contribution in [1.82, 2.24) is 31.2 Å². The first-order chi connectivity index (χ1) is 20.0. The summed E-state index contributed by atoms with van der Waals surface area (Å²) in [5.41, 5.74) is 12.9. The molecule has 1 aromatic carbocycles. The van der Waals surface area contributed by atoms with Crippen LogP contribution in [-0.2, 0) is 36.8 Å². The number of amides is 4. The molecular weight excluding hydrogens is 564 g/mol. The molecule has 2 aromatic rings. The quantitative estimate of drug-likeness (QED) is 0.0720. The summed E-state index contributed by atoms with van der Waals surface area (Å²) < 4.78 is 0. The van der Waals surface area contributed by atoms with Crippen molar-refractivity contribution in [3.63, 3.8) is 0 Å². The van der Waals surface area contributed by atoms with E-state index in [0.717, 1.165) is 5.56 Å². The summed E-state index contributed by atoms with van der Waals surface area (Å²) in [4.78, 5) is 69.9. The predicted octanol–water partition coefficient (Wildman–Crippen LogP) is -1.38. The van der Waals surface area contributed by atoms with Crippen LogP contribution in [0.2, 0.25) is 0 Å². The number of rotatable bonds is 18. The monoisotopic (exact) mass is 604 g/mol. The number of nitrogens with zero attached hydrogens (tertiary/aromatic N) is 1. The van der Waals surface area contributed by atoms with Gasteiger partial charge in [-0.2, -0.15) is 12.6 Å². The molecular formula is C27H40N8O6S. The Kier molecular flexibility index (Phi) is 14.5. The number of imidazole rings is 1. The fourth-order valence-electron chi connectivity index (χ4n) is 3.96. The number of hydrogen-bond acceptors (Lipinski definition) is 9. The highest BCUT2D eigenvalue weighted by atomic mass is 32.1. The maximum atomic E-state index is 13.1. The van der Waals surface area contributed by atoms with Crippen molar-refractivity contribution in [2.75, 3.05) is 12.3 Å². The van der Waals surface area contributed by atoms with Gasteiger partial charge < -0.3 is 42.8 Å². The molecule has 15 heteroatoms. The zero-order chi connectivity index (χ0) is 31.1. The highest BCUT2D eigenvalue weighted by Gasteiger charge is 2.30. The average Bonchev–Trinajstić information content (AvgIpc) is 3.48. The number of carbonyl (C=O) groups is 5. The molecule has 1 heterocycles. The lowest BCUT2D eigenvalue weighted by Gasteiger charge is -2.25. The first-order valence-corrected chi connectivity index (χ1v) is 14.2. The minimum atomic E-state index is -1.22. The van der Waals surface area contributed by atoms with Gasteiger partial charge in [-0.05, 0) is 38.3 Å². The number of carboxylic acids is 1. The molecule has 0 fully saturated rings. The number of H-pyrrole nitrogens is 1. The highest BCUT2D eigenvalue weighted by molar-refractivity contribution is 7.80. The lowest BCUT2D eigenvalue weighted by atomic mass is 10.1. The van der Waals surface area contributed by atoms with Crippen LogP contribution in [0.1, 0.15) is 37.4 Å². The Labute approximate surface area is 249 Å². The van der Waals surface area contributed by atoms with E-state index < -0.39 is 59.8 Å². The Balaban J connectivity index is 1.98. The van der Waals surface area contributed by atoms with Crippen LogP contribution in [0.5, 0.6) is 0 Å². The fourth-order valence-corrected chi connectivity index (χ4v) is 4.22. The van der Waals surface area contributed by atoms with E-state index in [0.29, 0.717) is 25.1 Å². The third-order valence-corrected chi connectivity index (χ3v) is 6.74. The molecule has 230 valence electrons. The van der Waals surface area contributed by atoms with Gasteiger partial charge in [0.1, 0.15) is 24.2 Å². The van der Waals surface area contributed by atoms with Gasteiger partial charge in [0.2, 0.25) is 23.6 Å². The van der Waals surface area contributed by atoms with E-state index in [9.17, 15) is 29.1 Å². The lowest BCUT2D eigenvalue weighted by molar-refractivity contribution is -0.142. The van der Waals surface area contributed by atoms with Crippen molar-refractivity contribution >= 4 is 42.2 Å². The minimum Gasteiger partial charge on any atom is -0.480 e. The second-order valence-corrected chi connectivity index (χ2v) is 10.2. The zero-order valence-electron chi connectivity index (χ0n) is 23.4. The van der Waals surface area contributed by atoms with Crippen LogP contribution in [0.4, 0.5) is 0 Å². The van der Waals surface area contributed by atoms with E-state index >= 15 is 0 Å². The van der Waals surface area contributed by atoms with Gasteiger partial charge in [0.25, 0.3) is 0 Å². The average molecular weight is 605 g/mol. The van der Waals surface area contributed by atoms with Gasteiger partial charge in [0, 0.05) is 30.5 Å². The molecule has 0 saturated heterocycles. The largest absolute Gasteiger partial charge is 0.480 e. The van der Waals surface area contributed by atoms with E-state index in [4.69, 9.17) is 11.5 Å². The predicted molar refractivity (Wildman–Crippen MR) is 158 cm³/mol. The number of aromatic amines is 1. The van der Waals surface area contributed by atoms with Crippen LogP contribution < -0.4 is 32.7 Å². The summed E-state index contributed by atoms with van der Waals surface area (Å²) in [5, 5.41) is 19.7. The molecule has 0 spiro atoms. The molecule has 0 aliphatic heterocycles. The van der Waals surface area contributed by atoms with Gasteiger partial charge in [-0.1, -0.05) is 30.3 Å². The van der Waals surface area contributed by atoms with Gasteiger partial charge in [-0.15, -0.1) is 0 Å². The number of nitrogens with two attached hydrogens (primary N) is 2. The van der Waals surface area contributed by atoms with E-state index in [2.05, 4.69) is 43.9 Å². The summed E-state index contributed by atoms with van der Waals surface area (Å²) in [6, 6.07) is 3.37. The van der Waals surface area contributed by atoms with Crippen molar-refractivity contribution in [2.45, 2.75) is 69.2 Å². The van der Waals surface area contributed by atoms with E-state index in [1.165, 1.54) is 13.3 Å². The van der Waals surface area contributed by atoms with Crippen LogP contribution in [-0.4, -0.2) is 87.2 Å². The first kappa shape index (κ1) is 34.3. The van der Waals surface area contributed by atoms with E-state index in [1.54, 1.807) is 36.5 Å². The number of benzene rings is 1. The molecule has 0 unspecified atom stereocenters. The molecule has 0 aliphatic carbocycles. The second kappa shape index (κ2) is 17.8. The summed E-state index contributed by atoms with van der Waals surface area (Å²) in [7, 11) is 0. The fraction of sp³-hybridized carbons (Fsp3) is 0.481. The van der Waals surface area contributed by atoms with Crippen molar-refractivity contribution in [2.24, 2.45) is 11.5 Å². The molecule has 42 heavy (non-hydrogen) atoms. The number of aliphatic carboxylic acids is 1. The number of carboxylic acid groups (broad SMARTS) is 1. The topological polar surface area (TPSA) is 234 Å². The Hall–Kier alpha value is -3.95. The van der Waals surface area contributed by atoms with Gasteiger partial charge in [0.05, 0.1) is 12.4 Å². The number of aromatic nitrogens is 2. The molecule has 5 atom stereocenters. The van der Waals surface area contributed by atoms with Crippen molar-refractivity contribution < 1.29 is 29.1 Å². The molecule has 14 nitrogen and oxygen atoms in total. The van der Waals surface area contributed by atoms with Crippen LogP contribution in [0.25, 0.3) is 0 Å². The second-order valence-electron chi connectivity index (χ2n) is 9.80. The number of carbonyl (C=O) groups excluding carboxylic acids is 4. The minimum absolute atomic E-state index is 0.0563. The summed E-state index contributed by atoms with van der Waals surface area (Å²) in [6.07, 6.45) is 4.65. The molecule has 0 saturated carbocycles. The number of thiol groups is 1. The smallest absolute Gasteiger partial charge is 0.326 e. The highest BCUT2D eigenvalue weighted by Crippen LogP contribution is 2.06. The van der Waals surface area contributed by atoms with Gasteiger partial charge >= 0.3 is 5.97 Å².